The van der Waals surface area contributed by atoms with Gasteiger partial charge in [-0.3, -0.25) is 4.79 Å². The highest BCUT2D eigenvalue weighted by Crippen LogP contribution is 2.29. The Bertz CT molecular complexity index is 1340. The van der Waals surface area contributed by atoms with E-state index in [0.717, 1.165) is 47.7 Å². The van der Waals surface area contributed by atoms with Crippen molar-refractivity contribution in [2.24, 2.45) is 11.8 Å². The Hall–Kier alpha value is -4.14. The summed E-state index contributed by atoms with van der Waals surface area (Å²) in [5.41, 5.74) is 3.16. The molecule has 1 aliphatic carbocycles. The zero-order chi connectivity index (χ0) is 28.7. The number of ether oxygens (including phenoxy) is 1. The highest BCUT2D eigenvalue weighted by molar-refractivity contribution is 6.07. The van der Waals surface area contributed by atoms with Crippen molar-refractivity contribution in [1.82, 2.24) is 20.9 Å². The van der Waals surface area contributed by atoms with Crippen LogP contribution in [0.2, 0.25) is 0 Å². The molecular formula is C31H38N4O5. The van der Waals surface area contributed by atoms with Crippen molar-refractivity contribution in [3.8, 4) is 11.3 Å². The molecule has 3 aromatic rings. The molecule has 1 aliphatic rings. The zero-order valence-corrected chi connectivity index (χ0v) is 23.3. The highest BCUT2D eigenvalue weighted by atomic mass is 16.6. The van der Waals surface area contributed by atoms with Gasteiger partial charge in [0, 0.05) is 30.6 Å². The number of pyridine rings is 1. The number of hydrogen-bond acceptors (Lipinski definition) is 5. The van der Waals surface area contributed by atoms with Crippen LogP contribution in [0.1, 0.15) is 62.4 Å². The first-order chi connectivity index (χ1) is 19.1. The molecule has 3 amide bonds. The van der Waals surface area contributed by atoms with E-state index in [9.17, 15) is 14.4 Å². The monoisotopic (exact) mass is 546 g/mol. The van der Waals surface area contributed by atoms with Crippen LogP contribution in [0.25, 0.3) is 22.2 Å². The number of carbonyl (C=O) groups is 3. The van der Waals surface area contributed by atoms with E-state index in [1.165, 1.54) is 0 Å². The van der Waals surface area contributed by atoms with Gasteiger partial charge >= 0.3 is 12.2 Å². The van der Waals surface area contributed by atoms with Gasteiger partial charge in [-0.05, 0) is 76.0 Å². The SMILES string of the molecule is CC(C)(C)OC(=O)NC[C@H]1CC[C@H](CNC(=O)c2cc(-c3ccc(CNC(=O)O)cc3)nc3ccccc23)CC1. The summed E-state index contributed by atoms with van der Waals surface area (Å²) in [6.45, 7) is 6.98. The van der Waals surface area contributed by atoms with Crippen LogP contribution in [0, 0.1) is 11.8 Å². The summed E-state index contributed by atoms with van der Waals surface area (Å²) in [5, 5.41) is 18.0. The van der Waals surface area contributed by atoms with E-state index in [4.69, 9.17) is 14.8 Å². The van der Waals surface area contributed by atoms with Gasteiger partial charge in [0.25, 0.3) is 5.91 Å². The van der Waals surface area contributed by atoms with Crippen molar-refractivity contribution in [1.29, 1.82) is 0 Å². The third-order valence-corrected chi connectivity index (χ3v) is 7.11. The first-order valence-electron chi connectivity index (χ1n) is 13.8. The molecule has 0 saturated heterocycles. The van der Waals surface area contributed by atoms with Crippen molar-refractivity contribution in [3.05, 3.63) is 65.7 Å². The van der Waals surface area contributed by atoms with Crippen molar-refractivity contribution in [2.75, 3.05) is 13.1 Å². The number of amides is 3. The molecule has 4 rings (SSSR count). The van der Waals surface area contributed by atoms with Gasteiger partial charge in [0.05, 0.1) is 16.8 Å². The fraction of sp³-hybridized carbons (Fsp3) is 0.419. The molecule has 0 aliphatic heterocycles. The van der Waals surface area contributed by atoms with Crippen LogP contribution >= 0.6 is 0 Å². The highest BCUT2D eigenvalue weighted by Gasteiger charge is 2.24. The van der Waals surface area contributed by atoms with Gasteiger partial charge in [0.2, 0.25) is 0 Å². The molecule has 0 bridgehead atoms. The Kier molecular flexibility index (Phi) is 9.24. The molecule has 9 heteroatoms. The van der Waals surface area contributed by atoms with E-state index in [-0.39, 0.29) is 18.5 Å². The molecule has 40 heavy (non-hydrogen) atoms. The lowest BCUT2D eigenvalue weighted by atomic mass is 9.82. The van der Waals surface area contributed by atoms with Crippen molar-refractivity contribution >= 4 is 29.0 Å². The minimum Gasteiger partial charge on any atom is -0.465 e. The summed E-state index contributed by atoms with van der Waals surface area (Å²) in [6.07, 6.45) is 2.53. The lowest BCUT2D eigenvalue weighted by Gasteiger charge is -2.29. The van der Waals surface area contributed by atoms with Gasteiger partial charge in [-0.2, -0.15) is 0 Å². The predicted octanol–water partition coefficient (Wildman–Crippen LogP) is 5.73. The number of carbonyl (C=O) groups excluding carboxylic acids is 2. The van der Waals surface area contributed by atoms with Gasteiger partial charge in [-0.15, -0.1) is 0 Å². The minimum atomic E-state index is -1.07. The van der Waals surface area contributed by atoms with E-state index >= 15 is 0 Å². The van der Waals surface area contributed by atoms with E-state index in [2.05, 4.69) is 16.0 Å². The lowest BCUT2D eigenvalue weighted by Crippen LogP contribution is -2.37. The van der Waals surface area contributed by atoms with E-state index in [1.54, 1.807) is 0 Å². The van der Waals surface area contributed by atoms with Crippen LogP contribution in [-0.2, 0) is 11.3 Å². The zero-order valence-electron chi connectivity index (χ0n) is 23.3. The van der Waals surface area contributed by atoms with E-state index < -0.39 is 11.7 Å². The van der Waals surface area contributed by atoms with Gasteiger partial charge in [0.1, 0.15) is 5.60 Å². The number of alkyl carbamates (subject to hydrolysis) is 1. The summed E-state index contributed by atoms with van der Waals surface area (Å²) in [4.78, 5) is 40.9. The molecule has 1 saturated carbocycles. The predicted molar refractivity (Wildman–Crippen MR) is 154 cm³/mol. The van der Waals surface area contributed by atoms with E-state index in [0.29, 0.717) is 36.2 Å². The first-order valence-corrected chi connectivity index (χ1v) is 13.8. The van der Waals surface area contributed by atoms with Crippen LogP contribution in [0.15, 0.2) is 54.6 Å². The summed E-state index contributed by atoms with van der Waals surface area (Å²) in [6, 6.07) is 16.9. The Morgan fingerprint density at radius 2 is 1.52 bits per heavy atom. The average molecular weight is 547 g/mol. The number of nitrogens with zero attached hydrogens (tertiary/aromatic N) is 1. The fourth-order valence-corrected chi connectivity index (χ4v) is 5.00. The molecule has 4 N–H and O–H groups in total. The summed E-state index contributed by atoms with van der Waals surface area (Å²) in [7, 11) is 0. The minimum absolute atomic E-state index is 0.129. The number of benzene rings is 2. The molecule has 212 valence electrons. The molecular weight excluding hydrogens is 508 g/mol. The van der Waals surface area contributed by atoms with Crippen LogP contribution in [-0.4, -0.2) is 46.9 Å². The molecule has 9 nitrogen and oxygen atoms in total. The number of carboxylic acid groups (broad SMARTS) is 1. The standard InChI is InChI=1S/C31H38N4O5/c1-31(2,3)40-30(39)34-19-21-10-8-20(9-11-21)17-32-28(36)25-16-27(35-26-7-5-4-6-24(25)26)23-14-12-22(13-15-23)18-33-29(37)38/h4-7,12-16,20-21,33H,8-11,17-19H2,1-3H3,(H,32,36)(H,34,39)(H,37,38)/t20-,21-. The third-order valence-electron chi connectivity index (χ3n) is 7.11. The number of rotatable bonds is 8. The number of para-hydroxylation sites is 1. The molecule has 1 aromatic heterocycles. The van der Waals surface area contributed by atoms with Crippen LogP contribution in [0.4, 0.5) is 9.59 Å². The summed E-state index contributed by atoms with van der Waals surface area (Å²) < 4.78 is 5.32. The number of fused-ring (bicyclic) bond motifs is 1. The largest absolute Gasteiger partial charge is 0.465 e. The second kappa shape index (κ2) is 12.8. The molecule has 0 spiro atoms. The Labute approximate surface area is 234 Å². The lowest BCUT2D eigenvalue weighted by molar-refractivity contribution is 0.0512. The van der Waals surface area contributed by atoms with Gasteiger partial charge in [-0.1, -0.05) is 42.5 Å². The van der Waals surface area contributed by atoms with E-state index in [1.807, 2.05) is 75.4 Å². The quantitative estimate of drug-likeness (QED) is 0.286. The van der Waals surface area contributed by atoms with Crippen LogP contribution in [0.5, 0.6) is 0 Å². The van der Waals surface area contributed by atoms with Crippen molar-refractivity contribution in [2.45, 2.75) is 58.6 Å². The van der Waals surface area contributed by atoms with Gasteiger partial charge in [0.15, 0.2) is 0 Å². The normalized spacial score (nSPS) is 17.2. The number of nitrogens with one attached hydrogen (secondary N) is 3. The maximum Gasteiger partial charge on any atom is 0.407 e. The number of hydrogen-bond donors (Lipinski definition) is 4. The Morgan fingerprint density at radius 3 is 2.15 bits per heavy atom. The first kappa shape index (κ1) is 28.9. The molecule has 0 atom stereocenters. The topological polar surface area (TPSA) is 130 Å². The molecule has 2 aromatic carbocycles. The second-order valence-electron chi connectivity index (χ2n) is 11.4. The second-order valence-corrected chi connectivity index (χ2v) is 11.4. The van der Waals surface area contributed by atoms with Crippen LogP contribution < -0.4 is 16.0 Å². The Morgan fingerprint density at radius 1 is 0.900 bits per heavy atom. The molecule has 0 radical (unpaired) electrons. The maximum absolute atomic E-state index is 13.4. The van der Waals surface area contributed by atoms with Crippen molar-refractivity contribution < 1.29 is 24.2 Å². The third kappa shape index (κ3) is 8.18. The average Bonchev–Trinajstić information content (AvgIpc) is 2.93. The maximum atomic E-state index is 13.4. The number of aromatic nitrogens is 1. The molecule has 1 heterocycles. The van der Waals surface area contributed by atoms with Gasteiger partial charge in [-0.25, -0.2) is 14.6 Å². The summed E-state index contributed by atoms with van der Waals surface area (Å²) >= 11 is 0. The summed E-state index contributed by atoms with van der Waals surface area (Å²) in [5.74, 6) is 0.676. The Balaban J connectivity index is 1.36. The van der Waals surface area contributed by atoms with Crippen molar-refractivity contribution in [3.63, 3.8) is 0 Å². The molecule has 0 unspecified atom stereocenters. The molecule has 1 fully saturated rings. The smallest absolute Gasteiger partial charge is 0.407 e. The fourth-order valence-electron chi connectivity index (χ4n) is 5.00. The van der Waals surface area contributed by atoms with Crippen LogP contribution in [0.3, 0.4) is 0 Å². The van der Waals surface area contributed by atoms with Gasteiger partial charge < -0.3 is 25.8 Å².